The van der Waals surface area contributed by atoms with Gasteiger partial charge in [-0.1, -0.05) is 65.1 Å². The Labute approximate surface area is 259 Å². The van der Waals surface area contributed by atoms with Crippen LogP contribution in [0.4, 0.5) is 0 Å². The quantitative estimate of drug-likeness (QED) is 0.234. The molecule has 3 heterocycles. The van der Waals surface area contributed by atoms with Crippen molar-refractivity contribution in [3.8, 4) is 5.88 Å². The molecule has 242 valence electrons. The fourth-order valence-electron chi connectivity index (χ4n) is 3.81. The molecule has 0 bridgehead atoms. The van der Waals surface area contributed by atoms with Crippen molar-refractivity contribution in [2.75, 3.05) is 38.4 Å². The number of phosphoric acid groups is 1. The summed E-state index contributed by atoms with van der Waals surface area (Å²) in [5.74, 6) is 0.618. The molecular weight excluding hydrogens is 623 g/mol. The number of imidazole rings is 1. The summed E-state index contributed by atoms with van der Waals surface area (Å²) >= 11 is 2.07. The van der Waals surface area contributed by atoms with Crippen LogP contribution < -0.4 is 4.74 Å². The van der Waals surface area contributed by atoms with E-state index in [2.05, 4.69) is 15.0 Å². The molecule has 0 aliphatic carbocycles. The van der Waals surface area contributed by atoms with E-state index in [1.54, 1.807) is 41.5 Å². The van der Waals surface area contributed by atoms with Crippen molar-refractivity contribution in [3.05, 3.63) is 12.7 Å². The number of hydrogen-bond acceptors (Lipinski definition) is 15. The first-order chi connectivity index (χ1) is 19.9. The first kappa shape index (κ1) is 35.9. The summed E-state index contributed by atoms with van der Waals surface area (Å²) in [5.41, 5.74) is -2.32. The van der Waals surface area contributed by atoms with E-state index in [-0.39, 0.29) is 40.8 Å². The van der Waals surface area contributed by atoms with Crippen LogP contribution in [0.5, 0.6) is 5.88 Å². The number of aliphatic hydroxyl groups is 2. The smallest absolute Gasteiger partial charge is 0.474 e. The minimum atomic E-state index is -4.25. The zero-order chi connectivity index (χ0) is 32.2. The van der Waals surface area contributed by atoms with E-state index < -0.39 is 49.3 Å². The van der Waals surface area contributed by atoms with E-state index in [4.69, 9.17) is 23.0 Å². The molecule has 2 aromatic rings. The van der Waals surface area contributed by atoms with Gasteiger partial charge in [-0.05, 0) is 6.92 Å². The minimum absolute atomic E-state index is 0.0597. The van der Waals surface area contributed by atoms with Crippen molar-refractivity contribution in [2.45, 2.75) is 72.5 Å². The van der Waals surface area contributed by atoms with Crippen LogP contribution >= 0.6 is 31.3 Å². The monoisotopic (exact) mass is 664 g/mol. The van der Waals surface area contributed by atoms with Gasteiger partial charge in [0.2, 0.25) is 5.88 Å². The highest BCUT2D eigenvalue weighted by molar-refractivity contribution is 8.14. The van der Waals surface area contributed by atoms with E-state index >= 15 is 0 Å². The van der Waals surface area contributed by atoms with Crippen LogP contribution in [-0.2, 0) is 32.5 Å². The Morgan fingerprint density at radius 1 is 1.02 bits per heavy atom. The molecule has 2 N–H and O–H groups in total. The van der Waals surface area contributed by atoms with Gasteiger partial charge < -0.3 is 19.7 Å². The average Bonchev–Trinajstić information content (AvgIpc) is 3.44. The van der Waals surface area contributed by atoms with Crippen LogP contribution in [-0.4, -0.2) is 96.2 Å². The highest BCUT2D eigenvalue weighted by atomic mass is 32.2. The zero-order valence-corrected chi connectivity index (χ0v) is 28.2. The molecule has 0 unspecified atom stereocenters. The standard InChI is InChI=1S/C26H41N4O10PS2/c1-24(2,3)22(32)42-11-9-37-41(35,38-10-12-43-23(33)25(4,5)6)39-13-16-18(31)26(7,34)21(40-16)30-15-29-17-19(30)27-14-28-20(17)36-8/h14-16,18,21,31,34H,9-13H2,1-8H3/t16-,18-,21-,26-/m1/s1. The lowest BCUT2D eigenvalue weighted by Crippen LogP contribution is -2.44. The number of thioether (sulfide) groups is 2. The van der Waals surface area contributed by atoms with Crippen molar-refractivity contribution in [3.63, 3.8) is 0 Å². The minimum Gasteiger partial charge on any atom is -0.479 e. The number of fused-ring (bicyclic) bond motifs is 1. The third-order valence-electron chi connectivity index (χ3n) is 6.28. The van der Waals surface area contributed by atoms with Gasteiger partial charge in [-0.2, -0.15) is 4.98 Å². The Kier molecular flexibility index (Phi) is 11.9. The first-order valence-corrected chi connectivity index (χ1v) is 17.0. The predicted octanol–water partition coefficient (Wildman–Crippen LogP) is 3.61. The van der Waals surface area contributed by atoms with Gasteiger partial charge in [0, 0.05) is 22.3 Å². The molecule has 0 spiro atoms. The van der Waals surface area contributed by atoms with Crippen molar-refractivity contribution >= 4 is 52.7 Å². The van der Waals surface area contributed by atoms with E-state index in [1.807, 2.05) is 0 Å². The van der Waals surface area contributed by atoms with Crippen LogP contribution in [0.3, 0.4) is 0 Å². The summed E-state index contributed by atoms with van der Waals surface area (Å²) in [6.45, 7) is 11.4. The Bertz CT molecular complexity index is 1290. The number of ether oxygens (including phenoxy) is 2. The zero-order valence-electron chi connectivity index (χ0n) is 25.6. The van der Waals surface area contributed by atoms with Crippen LogP contribution in [0, 0.1) is 10.8 Å². The second-order valence-corrected chi connectivity index (χ2v) is 15.9. The summed E-state index contributed by atoms with van der Waals surface area (Å²) in [6.07, 6.45) is -1.14. The summed E-state index contributed by atoms with van der Waals surface area (Å²) in [7, 11) is -2.81. The number of methoxy groups -OCH3 is 1. The molecule has 2 aromatic heterocycles. The molecule has 0 radical (unpaired) electrons. The molecule has 1 aliphatic heterocycles. The number of phosphoric ester groups is 1. The second kappa shape index (κ2) is 14.2. The van der Waals surface area contributed by atoms with E-state index in [1.165, 1.54) is 31.3 Å². The summed E-state index contributed by atoms with van der Waals surface area (Å²) in [5, 5.41) is 22.0. The van der Waals surface area contributed by atoms with Gasteiger partial charge in [0.1, 0.15) is 24.1 Å². The van der Waals surface area contributed by atoms with Gasteiger partial charge in [-0.15, -0.1) is 0 Å². The molecule has 0 amide bonds. The summed E-state index contributed by atoms with van der Waals surface area (Å²) in [4.78, 5) is 36.9. The molecule has 1 saturated heterocycles. The highest BCUT2D eigenvalue weighted by Gasteiger charge is 2.54. The molecule has 3 rings (SSSR count). The number of aliphatic hydroxyl groups excluding tert-OH is 1. The molecule has 14 nitrogen and oxygen atoms in total. The third kappa shape index (κ3) is 8.98. The van der Waals surface area contributed by atoms with Crippen LogP contribution in [0.1, 0.15) is 54.7 Å². The third-order valence-corrected chi connectivity index (χ3v) is 10.2. The number of nitrogens with zero attached hydrogens (tertiary/aromatic N) is 4. The Morgan fingerprint density at radius 2 is 1.58 bits per heavy atom. The van der Waals surface area contributed by atoms with Crippen molar-refractivity contribution in [1.82, 2.24) is 19.5 Å². The van der Waals surface area contributed by atoms with Gasteiger partial charge in [0.25, 0.3) is 0 Å². The molecule has 4 atom stereocenters. The number of carbonyl (C=O) groups is 2. The van der Waals surface area contributed by atoms with Crippen LogP contribution in [0.15, 0.2) is 12.7 Å². The molecule has 1 aliphatic rings. The fourth-order valence-corrected chi connectivity index (χ4v) is 6.81. The Morgan fingerprint density at radius 3 is 2.09 bits per heavy atom. The maximum atomic E-state index is 13.6. The molecule has 0 aromatic carbocycles. The molecule has 0 saturated carbocycles. The van der Waals surface area contributed by atoms with Crippen molar-refractivity contribution in [2.24, 2.45) is 10.8 Å². The number of carbonyl (C=O) groups excluding carboxylic acids is 2. The van der Waals surface area contributed by atoms with Gasteiger partial charge in [0.05, 0.1) is 33.3 Å². The molecule has 1 fully saturated rings. The highest BCUT2D eigenvalue weighted by Crippen LogP contribution is 2.51. The Balaban J connectivity index is 1.69. The predicted molar refractivity (Wildman–Crippen MR) is 162 cm³/mol. The Hall–Kier alpha value is -1.62. The van der Waals surface area contributed by atoms with Crippen molar-refractivity contribution in [1.29, 1.82) is 0 Å². The fraction of sp³-hybridized carbons (Fsp3) is 0.731. The maximum absolute atomic E-state index is 13.6. The lowest BCUT2D eigenvalue weighted by atomic mass is 9.96. The lowest BCUT2D eigenvalue weighted by Gasteiger charge is -2.27. The summed E-state index contributed by atoms with van der Waals surface area (Å²) in [6, 6.07) is 0. The molecule has 43 heavy (non-hydrogen) atoms. The van der Waals surface area contributed by atoms with Crippen LogP contribution in [0.2, 0.25) is 0 Å². The van der Waals surface area contributed by atoms with E-state index in [9.17, 15) is 24.4 Å². The van der Waals surface area contributed by atoms with Crippen molar-refractivity contribution < 1.29 is 47.4 Å². The number of hydrogen-bond donors (Lipinski definition) is 2. The van der Waals surface area contributed by atoms with Gasteiger partial charge in [0.15, 0.2) is 27.6 Å². The maximum Gasteiger partial charge on any atom is 0.474 e. The number of aromatic nitrogens is 4. The lowest BCUT2D eigenvalue weighted by molar-refractivity contribution is -0.118. The first-order valence-electron chi connectivity index (χ1n) is 13.6. The molecular formula is C26H41N4O10PS2. The van der Waals surface area contributed by atoms with Crippen LogP contribution in [0.25, 0.3) is 11.2 Å². The topological polar surface area (TPSA) is 181 Å². The van der Waals surface area contributed by atoms with Gasteiger partial charge >= 0.3 is 7.82 Å². The SMILES string of the molecule is COc1ncnc2c1ncn2[C@@H]1O[C@H](COP(=O)(OCCSC(=O)C(C)(C)C)OCCSC(=O)C(C)(C)C)[C@@H](O)[C@@]1(C)O. The largest absolute Gasteiger partial charge is 0.479 e. The normalized spacial score (nSPS) is 23.2. The number of rotatable bonds is 13. The average molecular weight is 665 g/mol. The summed E-state index contributed by atoms with van der Waals surface area (Å²) < 4.78 is 42.8. The van der Waals surface area contributed by atoms with E-state index in [0.717, 1.165) is 23.5 Å². The van der Waals surface area contributed by atoms with Gasteiger partial charge in [-0.3, -0.25) is 27.7 Å². The van der Waals surface area contributed by atoms with E-state index in [0.29, 0.717) is 11.2 Å². The van der Waals surface area contributed by atoms with Gasteiger partial charge in [-0.25, -0.2) is 14.5 Å². The second-order valence-electron chi connectivity index (χ2n) is 12.1. The molecule has 17 heteroatoms.